The third kappa shape index (κ3) is 8.49. The quantitative estimate of drug-likeness (QED) is 0.102. The van der Waals surface area contributed by atoms with E-state index in [0.717, 1.165) is 72.8 Å². The van der Waals surface area contributed by atoms with Crippen molar-refractivity contribution in [2.75, 3.05) is 0 Å². The van der Waals surface area contributed by atoms with Gasteiger partial charge < -0.3 is 20.4 Å². The van der Waals surface area contributed by atoms with E-state index in [1.807, 2.05) is 0 Å². The number of aliphatic hydroxyl groups excluding tert-OH is 2. The van der Waals surface area contributed by atoms with Gasteiger partial charge in [0.05, 0.1) is 19.6 Å². The molecule has 18 nitrogen and oxygen atoms in total. The van der Waals surface area contributed by atoms with Crippen LogP contribution < -0.4 is 0 Å². The van der Waals surface area contributed by atoms with E-state index in [2.05, 4.69) is 13.2 Å². The molecule has 2 aliphatic carbocycles. The maximum Gasteiger partial charge on any atom is 0.297 e. The minimum absolute atomic E-state index is 0.297. The van der Waals surface area contributed by atoms with Gasteiger partial charge >= 0.3 is 0 Å². The van der Waals surface area contributed by atoms with Crippen molar-refractivity contribution in [3.05, 3.63) is 118 Å². The molecule has 0 radical (unpaired) electrons. The van der Waals surface area contributed by atoms with Gasteiger partial charge in [0.15, 0.2) is 22.8 Å². The van der Waals surface area contributed by atoms with Crippen molar-refractivity contribution in [3.8, 4) is 0 Å². The number of hydrogen-bond donors (Lipinski definition) is 4. The van der Waals surface area contributed by atoms with Crippen LogP contribution in [0.5, 0.6) is 0 Å². The molecule has 0 fully saturated rings. The first-order valence-corrected chi connectivity index (χ1v) is 16.9. The van der Waals surface area contributed by atoms with E-state index in [1.165, 1.54) is 12.2 Å². The lowest BCUT2D eigenvalue weighted by Crippen LogP contribution is -2.56. The molecule has 0 saturated carbocycles. The molecule has 20 heteroatoms. The third-order valence-electron chi connectivity index (χ3n) is 7.39. The molecule has 50 heavy (non-hydrogen) atoms. The molecule has 0 spiro atoms. The van der Waals surface area contributed by atoms with E-state index < -0.39 is 77.3 Å². The smallest absolute Gasteiger partial charge is 0.297 e. The number of ketones is 2. The maximum atomic E-state index is 12.3. The normalized spacial score (nSPS) is 26.4. The highest BCUT2D eigenvalue weighted by Gasteiger charge is 2.49. The molecule has 0 saturated heterocycles. The molecule has 6 atom stereocenters. The lowest BCUT2D eigenvalue weighted by molar-refractivity contribution is -0.385. The molecule has 268 valence electrons. The molecule has 2 aromatic carbocycles. The van der Waals surface area contributed by atoms with Crippen molar-refractivity contribution in [2.24, 2.45) is 0 Å². The van der Waals surface area contributed by atoms with Crippen molar-refractivity contribution in [1.29, 1.82) is 0 Å². The Balaban J connectivity index is 0.000000270. The summed E-state index contributed by atoms with van der Waals surface area (Å²) in [6.07, 6.45) is -0.981. The first-order valence-electron chi connectivity index (χ1n) is 14.1. The van der Waals surface area contributed by atoms with Gasteiger partial charge in [0, 0.05) is 37.1 Å². The van der Waals surface area contributed by atoms with Crippen molar-refractivity contribution in [2.45, 2.75) is 58.3 Å². The highest BCUT2D eigenvalue weighted by molar-refractivity contribution is 7.87. The van der Waals surface area contributed by atoms with E-state index in [1.54, 1.807) is 0 Å². The number of hydrogen-bond acceptors (Lipinski definition) is 16. The predicted octanol–water partition coefficient (Wildman–Crippen LogP) is 0.951. The van der Waals surface area contributed by atoms with Gasteiger partial charge in [-0.25, -0.2) is 0 Å². The zero-order valence-corrected chi connectivity index (χ0v) is 27.3. The van der Waals surface area contributed by atoms with Crippen molar-refractivity contribution in [3.63, 3.8) is 0 Å². The fourth-order valence-corrected chi connectivity index (χ4v) is 6.71. The third-order valence-corrected chi connectivity index (χ3v) is 10.0. The molecule has 0 aromatic heterocycles. The predicted molar refractivity (Wildman–Crippen MR) is 170 cm³/mol. The second kappa shape index (κ2) is 15.4. The Morgan fingerprint density at radius 2 is 0.980 bits per heavy atom. The molecule has 2 aliphatic rings. The Labute approximate surface area is 284 Å². The van der Waals surface area contributed by atoms with Gasteiger partial charge in [0.25, 0.3) is 31.6 Å². The number of carbonyl (C=O) groups is 2. The van der Waals surface area contributed by atoms with Gasteiger partial charge in [-0.15, -0.1) is 13.2 Å². The van der Waals surface area contributed by atoms with Gasteiger partial charge in [0.1, 0.15) is 24.4 Å². The molecular formula is C30H30N2O16S2. The Bertz CT molecular complexity index is 1800. The summed E-state index contributed by atoms with van der Waals surface area (Å²) in [4.78, 5) is 42.6. The summed E-state index contributed by atoms with van der Waals surface area (Å²) < 4.78 is 58.8. The molecular weight excluding hydrogens is 708 g/mol. The van der Waals surface area contributed by atoms with Crippen molar-refractivity contribution >= 4 is 43.2 Å². The van der Waals surface area contributed by atoms with Gasteiger partial charge in [0.2, 0.25) is 0 Å². The number of non-ortho nitro benzene ring substituents is 2. The second-order valence-electron chi connectivity index (χ2n) is 10.7. The minimum atomic E-state index is -4.40. The Kier molecular flexibility index (Phi) is 12.2. The van der Waals surface area contributed by atoms with Crippen LogP contribution in [-0.4, -0.2) is 94.3 Å². The van der Waals surface area contributed by atoms with E-state index in [9.17, 15) is 67.1 Å². The van der Waals surface area contributed by atoms with Gasteiger partial charge in [-0.05, 0) is 48.6 Å². The number of benzene rings is 2. The maximum absolute atomic E-state index is 12.3. The van der Waals surface area contributed by atoms with Gasteiger partial charge in [-0.3, -0.25) is 38.2 Å². The molecule has 4 rings (SSSR count). The van der Waals surface area contributed by atoms with Crippen LogP contribution >= 0.6 is 0 Å². The van der Waals surface area contributed by atoms with Crippen LogP contribution in [0.25, 0.3) is 0 Å². The first-order chi connectivity index (χ1) is 23.2. The topological polar surface area (TPSA) is 288 Å². The number of aliphatic hydroxyl groups is 4. The highest BCUT2D eigenvalue weighted by Crippen LogP contribution is 2.31. The van der Waals surface area contributed by atoms with Crippen LogP contribution in [0.2, 0.25) is 0 Å². The standard InChI is InChI=1S/2C15H15NO8S/c2*1-2-9-15(19)13(17)8-7-12(14(15)18)24-25(22,23)11-5-3-10(4-6-11)16(20)21/h2*2-8,12,14,18-19H,1,9H2/t2*12-,14-,15+/m10/s1. The second-order valence-corrected chi connectivity index (χ2v) is 13.8. The lowest BCUT2D eigenvalue weighted by atomic mass is 9.81. The monoisotopic (exact) mass is 738 g/mol. The average molecular weight is 739 g/mol. The first kappa shape index (κ1) is 39.6. The van der Waals surface area contributed by atoms with Crippen LogP contribution in [0.3, 0.4) is 0 Å². The van der Waals surface area contributed by atoms with Crippen LogP contribution in [0.1, 0.15) is 12.8 Å². The summed E-state index contributed by atoms with van der Waals surface area (Å²) in [6.45, 7) is 6.75. The van der Waals surface area contributed by atoms with Crippen molar-refractivity contribution in [1.82, 2.24) is 0 Å². The van der Waals surface area contributed by atoms with Crippen LogP contribution in [0.4, 0.5) is 11.4 Å². The Morgan fingerprint density at radius 1 is 0.680 bits per heavy atom. The molecule has 4 N–H and O–H groups in total. The minimum Gasteiger partial charge on any atom is -0.386 e. The summed E-state index contributed by atoms with van der Waals surface area (Å²) >= 11 is 0. The van der Waals surface area contributed by atoms with E-state index >= 15 is 0 Å². The lowest BCUT2D eigenvalue weighted by Gasteiger charge is -2.36. The van der Waals surface area contributed by atoms with Gasteiger partial charge in [-0.1, -0.05) is 12.2 Å². The molecule has 0 heterocycles. The molecule has 0 amide bonds. The summed E-state index contributed by atoms with van der Waals surface area (Å²) in [5, 5.41) is 62.1. The number of nitrogens with zero attached hydrogens (tertiary/aromatic N) is 2. The zero-order valence-electron chi connectivity index (χ0n) is 25.6. The summed E-state index contributed by atoms with van der Waals surface area (Å²) in [5.74, 6) is -1.60. The molecule has 0 unspecified atom stereocenters. The number of rotatable bonds is 12. The van der Waals surface area contributed by atoms with Gasteiger partial charge in [-0.2, -0.15) is 16.8 Å². The molecule has 2 aromatic rings. The highest BCUT2D eigenvalue weighted by atomic mass is 32.2. The van der Waals surface area contributed by atoms with E-state index in [-0.39, 0.29) is 34.0 Å². The fraction of sp³-hybridized carbons (Fsp3) is 0.267. The summed E-state index contributed by atoms with van der Waals surface area (Å²) in [7, 11) is -8.80. The van der Waals surface area contributed by atoms with Crippen molar-refractivity contribution < 1.29 is 65.1 Å². The van der Waals surface area contributed by atoms with Crippen LogP contribution in [-0.2, 0) is 38.2 Å². The zero-order chi connectivity index (χ0) is 37.7. The molecule has 0 aliphatic heterocycles. The summed E-state index contributed by atoms with van der Waals surface area (Å²) in [6, 6.07) is 7.87. The Hall–Kier alpha value is -4.80. The van der Waals surface area contributed by atoms with E-state index in [0.29, 0.717) is 0 Å². The number of nitro benzene ring substituents is 2. The molecule has 0 bridgehead atoms. The largest absolute Gasteiger partial charge is 0.386 e. The summed E-state index contributed by atoms with van der Waals surface area (Å²) in [5.41, 5.74) is -5.09. The average Bonchev–Trinajstić information content (AvgIpc) is 3.06. The van der Waals surface area contributed by atoms with Crippen LogP contribution in [0.15, 0.2) is 108 Å². The van der Waals surface area contributed by atoms with E-state index in [4.69, 9.17) is 8.37 Å². The fourth-order valence-electron chi connectivity index (χ4n) is 4.62. The SMILES string of the molecule is C=CC[C@@]1(O)C(=O)C=C[C@H](OS(=O)(=O)c2ccc([N+](=O)[O-])cc2)[C@@H]1O.C=CC[C@]1(O)C(=O)C=C[C@@H](OS(=O)(=O)c2ccc([N+](=O)[O-])cc2)[C@H]1O. The van der Waals surface area contributed by atoms with Crippen LogP contribution in [0, 0.1) is 20.2 Å². The number of carbonyl (C=O) groups excluding carboxylic acids is 2. The Morgan fingerprint density at radius 3 is 1.24 bits per heavy atom. The number of nitro groups is 2.